The van der Waals surface area contributed by atoms with Gasteiger partial charge in [0.1, 0.15) is 0 Å². The number of nitrogens with zero attached hydrogens (tertiary/aromatic N) is 1. The van der Waals surface area contributed by atoms with E-state index in [0.29, 0.717) is 36.4 Å². The molecule has 2 N–H and O–H groups in total. The monoisotopic (exact) mass is 214 g/mol. The molecule has 3 heteroatoms. The summed E-state index contributed by atoms with van der Waals surface area (Å²) < 4.78 is 5.16. The molecular weight excluding hydrogens is 200 g/mol. The molecule has 0 atom stereocenters. The fraction of sp³-hybridized carbons (Fsp3) is 0.308. The average Bonchev–Trinajstić information content (AvgIpc) is 2.31. The minimum absolute atomic E-state index is 0.573. The van der Waals surface area contributed by atoms with E-state index in [0.717, 1.165) is 0 Å². The van der Waals surface area contributed by atoms with Crippen molar-refractivity contribution in [3.05, 3.63) is 29.3 Å². The van der Waals surface area contributed by atoms with Gasteiger partial charge in [0.2, 0.25) is 0 Å². The number of anilines is 1. The summed E-state index contributed by atoms with van der Waals surface area (Å²) in [6, 6.07) is 7.14. The Balaban J connectivity index is 2.69. The van der Waals surface area contributed by atoms with E-state index >= 15 is 0 Å². The van der Waals surface area contributed by atoms with Crippen LogP contribution in [0.5, 0.6) is 0 Å². The summed E-state index contributed by atoms with van der Waals surface area (Å²) in [5, 5.41) is 8.74. The van der Waals surface area contributed by atoms with Gasteiger partial charge in [0, 0.05) is 24.3 Å². The largest absolute Gasteiger partial charge is 0.398 e. The second kappa shape index (κ2) is 6.50. The Bertz CT molecular complexity index is 449. The second-order valence-corrected chi connectivity index (χ2v) is 3.16. The smallest absolute Gasteiger partial charge is 0.0992 e. The normalized spacial score (nSPS) is 9.00. The van der Waals surface area contributed by atoms with Crippen LogP contribution in [0.3, 0.4) is 0 Å². The zero-order chi connectivity index (χ0) is 11.8. The molecule has 0 aliphatic carbocycles. The molecule has 1 aromatic rings. The fourth-order valence-electron chi connectivity index (χ4n) is 1.16. The molecule has 0 heterocycles. The molecule has 0 fully saturated rings. The fourth-order valence-corrected chi connectivity index (χ4v) is 1.16. The molecule has 0 radical (unpaired) electrons. The van der Waals surface area contributed by atoms with Crippen molar-refractivity contribution in [2.45, 2.75) is 13.3 Å². The molecule has 0 spiro atoms. The van der Waals surface area contributed by atoms with Gasteiger partial charge in [-0.15, -0.1) is 0 Å². The molecular formula is C13H14N2O. The number of hydrogen-bond donors (Lipinski definition) is 1. The summed E-state index contributed by atoms with van der Waals surface area (Å²) in [6.07, 6.45) is 0.671. The summed E-state index contributed by atoms with van der Waals surface area (Å²) in [5.74, 6) is 5.90. The first-order valence-corrected chi connectivity index (χ1v) is 5.14. The number of benzene rings is 1. The maximum Gasteiger partial charge on any atom is 0.0992 e. The molecule has 1 rings (SSSR count). The van der Waals surface area contributed by atoms with E-state index < -0.39 is 0 Å². The molecule has 1 aromatic carbocycles. The highest BCUT2D eigenvalue weighted by molar-refractivity contribution is 5.58. The quantitative estimate of drug-likeness (QED) is 0.475. The number of ether oxygens (including phenoxy) is 1. The Kier molecular flexibility index (Phi) is 4.92. The van der Waals surface area contributed by atoms with Crippen LogP contribution in [-0.4, -0.2) is 13.2 Å². The highest BCUT2D eigenvalue weighted by Gasteiger charge is 1.96. The summed E-state index contributed by atoms with van der Waals surface area (Å²) in [5.41, 5.74) is 7.62. The first-order valence-electron chi connectivity index (χ1n) is 5.14. The molecule has 0 saturated heterocycles. The molecule has 0 saturated carbocycles. The first-order chi connectivity index (χ1) is 7.77. The van der Waals surface area contributed by atoms with Crippen LogP contribution in [0.2, 0.25) is 0 Å². The predicted molar refractivity (Wildman–Crippen MR) is 63.6 cm³/mol. The van der Waals surface area contributed by atoms with Crippen molar-refractivity contribution in [2.75, 3.05) is 18.9 Å². The van der Waals surface area contributed by atoms with Crippen molar-refractivity contribution in [3.63, 3.8) is 0 Å². The third-order valence-electron chi connectivity index (χ3n) is 1.98. The van der Waals surface area contributed by atoms with Crippen molar-refractivity contribution in [1.29, 1.82) is 5.26 Å². The van der Waals surface area contributed by atoms with Gasteiger partial charge in [0.25, 0.3) is 0 Å². The standard InChI is InChI=1S/C13H14N2O/c1-2-16-8-4-3-5-12-9-11(10-14)6-7-13(12)15/h6-7,9H,2,4,8,15H2,1H3. The van der Waals surface area contributed by atoms with Gasteiger partial charge < -0.3 is 10.5 Å². The minimum Gasteiger partial charge on any atom is -0.398 e. The molecule has 0 aromatic heterocycles. The number of nitrogen functional groups attached to an aromatic ring is 1. The lowest BCUT2D eigenvalue weighted by Crippen LogP contribution is -1.92. The van der Waals surface area contributed by atoms with Crippen molar-refractivity contribution >= 4 is 5.69 Å². The Hall–Kier alpha value is -1.97. The SMILES string of the molecule is CCOCCC#Cc1cc(C#N)ccc1N. The van der Waals surface area contributed by atoms with Crippen LogP contribution >= 0.6 is 0 Å². The summed E-state index contributed by atoms with van der Waals surface area (Å²) in [6.45, 7) is 3.27. The van der Waals surface area contributed by atoms with E-state index in [1.54, 1.807) is 18.2 Å². The van der Waals surface area contributed by atoms with E-state index in [1.807, 2.05) is 6.92 Å². The van der Waals surface area contributed by atoms with Crippen LogP contribution in [0.15, 0.2) is 18.2 Å². The molecule has 0 bridgehead atoms. The van der Waals surface area contributed by atoms with Crippen molar-refractivity contribution in [3.8, 4) is 17.9 Å². The second-order valence-electron chi connectivity index (χ2n) is 3.16. The van der Waals surface area contributed by atoms with Crippen LogP contribution < -0.4 is 5.73 Å². The van der Waals surface area contributed by atoms with E-state index in [9.17, 15) is 0 Å². The van der Waals surface area contributed by atoms with E-state index in [4.69, 9.17) is 15.7 Å². The topological polar surface area (TPSA) is 59.0 Å². The van der Waals surface area contributed by atoms with Gasteiger partial charge >= 0.3 is 0 Å². The van der Waals surface area contributed by atoms with Crippen LogP contribution in [-0.2, 0) is 4.74 Å². The van der Waals surface area contributed by atoms with Gasteiger partial charge in [-0.2, -0.15) is 5.26 Å². The maximum absolute atomic E-state index is 8.74. The van der Waals surface area contributed by atoms with Crippen molar-refractivity contribution < 1.29 is 4.74 Å². The Morgan fingerprint density at radius 2 is 2.25 bits per heavy atom. The van der Waals surface area contributed by atoms with E-state index in [1.165, 1.54) is 0 Å². The third kappa shape index (κ3) is 3.65. The number of hydrogen-bond acceptors (Lipinski definition) is 3. The lowest BCUT2D eigenvalue weighted by atomic mass is 10.1. The van der Waals surface area contributed by atoms with Gasteiger partial charge in [-0.25, -0.2) is 0 Å². The zero-order valence-corrected chi connectivity index (χ0v) is 9.29. The van der Waals surface area contributed by atoms with Gasteiger partial charge in [-0.1, -0.05) is 11.8 Å². The van der Waals surface area contributed by atoms with Gasteiger partial charge in [-0.3, -0.25) is 0 Å². The highest BCUT2D eigenvalue weighted by Crippen LogP contribution is 2.12. The van der Waals surface area contributed by atoms with Crippen LogP contribution in [0.4, 0.5) is 5.69 Å². The van der Waals surface area contributed by atoms with Crippen LogP contribution in [0.1, 0.15) is 24.5 Å². The zero-order valence-electron chi connectivity index (χ0n) is 9.29. The third-order valence-corrected chi connectivity index (χ3v) is 1.98. The minimum atomic E-state index is 0.573. The Morgan fingerprint density at radius 1 is 1.44 bits per heavy atom. The van der Waals surface area contributed by atoms with E-state index in [-0.39, 0.29) is 0 Å². The van der Waals surface area contributed by atoms with Gasteiger partial charge in [-0.05, 0) is 25.1 Å². The van der Waals surface area contributed by atoms with Crippen LogP contribution in [0.25, 0.3) is 0 Å². The molecule has 0 unspecified atom stereocenters. The summed E-state index contributed by atoms with van der Waals surface area (Å²) in [4.78, 5) is 0. The molecule has 0 aliphatic rings. The summed E-state index contributed by atoms with van der Waals surface area (Å²) in [7, 11) is 0. The molecule has 3 nitrogen and oxygen atoms in total. The highest BCUT2D eigenvalue weighted by atomic mass is 16.5. The molecule has 16 heavy (non-hydrogen) atoms. The molecule has 82 valence electrons. The molecule has 0 aliphatic heterocycles. The van der Waals surface area contributed by atoms with Gasteiger partial charge in [0.05, 0.1) is 18.2 Å². The van der Waals surface area contributed by atoms with Crippen molar-refractivity contribution in [2.24, 2.45) is 0 Å². The maximum atomic E-state index is 8.74. The average molecular weight is 214 g/mol. The van der Waals surface area contributed by atoms with Crippen LogP contribution in [0, 0.1) is 23.2 Å². The lowest BCUT2D eigenvalue weighted by Gasteiger charge is -1.98. The summed E-state index contributed by atoms with van der Waals surface area (Å²) >= 11 is 0. The number of rotatable bonds is 3. The van der Waals surface area contributed by atoms with Crippen molar-refractivity contribution in [1.82, 2.24) is 0 Å². The first kappa shape index (κ1) is 12.1. The Labute approximate surface area is 95.8 Å². The number of nitriles is 1. The predicted octanol–water partition coefficient (Wildman–Crippen LogP) is 1.92. The number of nitrogens with two attached hydrogens (primary N) is 1. The molecule has 0 amide bonds. The lowest BCUT2D eigenvalue weighted by molar-refractivity contribution is 0.154. The van der Waals surface area contributed by atoms with E-state index in [2.05, 4.69) is 17.9 Å². The Morgan fingerprint density at radius 3 is 2.94 bits per heavy atom. The van der Waals surface area contributed by atoms with Gasteiger partial charge in [0.15, 0.2) is 0 Å².